The summed E-state index contributed by atoms with van der Waals surface area (Å²) in [5, 5.41) is 33.8. The van der Waals surface area contributed by atoms with E-state index in [2.05, 4.69) is 37.9 Å². The first-order valence-electron chi connectivity index (χ1n) is 10.5. The smallest absolute Gasteiger partial charge is 0.196 e. The lowest BCUT2D eigenvalue weighted by atomic mass is 9.98. The van der Waals surface area contributed by atoms with Gasteiger partial charge in [0.05, 0.1) is 22.5 Å². The number of hydrogen-bond acceptors (Lipinski definition) is 7. The molecule has 0 saturated carbocycles. The van der Waals surface area contributed by atoms with Crippen molar-refractivity contribution in [3.05, 3.63) is 64.7 Å². The number of aromatic nitrogens is 5. The van der Waals surface area contributed by atoms with Gasteiger partial charge in [0.2, 0.25) is 0 Å². The molecule has 0 aliphatic heterocycles. The van der Waals surface area contributed by atoms with E-state index in [1.165, 1.54) is 6.07 Å². The number of aryl methyl sites for hydroxylation is 1. The average Bonchev–Trinajstić information content (AvgIpc) is 3.52. The lowest BCUT2D eigenvalue weighted by Gasteiger charge is -2.15. The van der Waals surface area contributed by atoms with Crippen molar-refractivity contribution in [1.82, 2.24) is 24.3 Å². The van der Waals surface area contributed by atoms with Crippen molar-refractivity contribution < 1.29 is 10.2 Å². The maximum Gasteiger partial charge on any atom is 0.196 e. The van der Waals surface area contributed by atoms with Crippen LogP contribution in [-0.4, -0.2) is 34.5 Å². The summed E-state index contributed by atoms with van der Waals surface area (Å²) in [7, 11) is 2.02. The van der Waals surface area contributed by atoms with Gasteiger partial charge in [-0.15, -0.1) is 21.5 Å². The molecule has 5 aromatic rings. The normalized spacial score (nSPS) is 11.6. The molecule has 9 heteroatoms. The quantitative estimate of drug-likeness (QED) is 0.305. The van der Waals surface area contributed by atoms with Crippen LogP contribution in [0.4, 0.5) is 0 Å². The first-order valence-corrected chi connectivity index (χ1v) is 12.4. The average molecular weight is 478 g/mol. The molecule has 3 aromatic heterocycles. The summed E-state index contributed by atoms with van der Waals surface area (Å²) in [5.74, 6) is 1.29. The summed E-state index contributed by atoms with van der Waals surface area (Å²) in [6.07, 6.45) is 2.03. The van der Waals surface area contributed by atoms with Crippen molar-refractivity contribution in [2.24, 2.45) is 7.05 Å². The molecule has 168 valence electrons. The van der Waals surface area contributed by atoms with Crippen LogP contribution in [0.15, 0.2) is 58.6 Å². The molecule has 0 saturated heterocycles. The van der Waals surface area contributed by atoms with Crippen LogP contribution in [0.2, 0.25) is 0 Å². The van der Waals surface area contributed by atoms with Crippen molar-refractivity contribution in [3.8, 4) is 28.6 Å². The lowest BCUT2D eigenvalue weighted by Crippen LogP contribution is -2.01. The van der Waals surface area contributed by atoms with Crippen LogP contribution in [0.25, 0.3) is 28.0 Å². The van der Waals surface area contributed by atoms with Gasteiger partial charge in [-0.25, -0.2) is 4.98 Å². The van der Waals surface area contributed by atoms with Crippen LogP contribution < -0.4 is 0 Å². The molecule has 0 unspecified atom stereocenters. The third-order valence-electron chi connectivity index (χ3n) is 5.60. The van der Waals surface area contributed by atoms with E-state index in [4.69, 9.17) is 0 Å². The minimum atomic E-state index is -0.0395. The van der Waals surface area contributed by atoms with Gasteiger partial charge >= 0.3 is 0 Å². The van der Waals surface area contributed by atoms with E-state index < -0.39 is 0 Å². The molecule has 0 amide bonds. The molecule has 0 aliphatic rings. The van der Waals surface area contributed by atoms with Crippen LogP contribution in [0.3, 0.4) is 0 Å². The number of rotatable bonds is 6. The van der Waals surface area contributed by atoms with Crippen LogP contribution >= 0.6 is 23.1 Å². The largest absolute Gasteiger partial charge is 0.508 e. The highest BCUT2D eigenvalue weighted by Gasteiger charge is 2.22. The Balaban J connectivity index is 1.67. The standard InChI is InChI=1S/C24H23N5O2S2/c1-14(2)18-9-19(22(31)10-21(18)30)23-26-27-24(33-12-16-11-32-13-25-16)29(23)17-4-5-20-15(8-17)6-7-28(20)3/h4-11,13-14,30-31H,12H2,1-3H3. The van der Waals surface area contributed by atoms with Crippen molar-refractivity contribution in [1.29, 1.82) is 0 Å². The molecule has 3 heterocycles. The summed E-state index contributed by atoms with van der Waals surface area (Å²) in [6.45, 7) is 4.00. The van der Waals surface area contributed by atoms with Crippen LogP contribution in [0, 0.1) is 0 Å². The molecule has 2 N–H and O–H groups in total. The molecular weight excluding hydrogens is 454 g/mol. The maximum absolute atomic E-state index is 10.7. The molecule has 33 heavy (non-hydrogen) atoms. The van der Waals surface area contributed by atoms with E-state index in [9.17, 15) is 10.2 Å². The minimum Gasteiger partial charge on any atom is -0.508 e. The van der Waals surface area contributed by atoms with Crippen LogP contribution in [0.1, 0.15) is 31.0 Å². The topological polar surface area (TPSA) is 89.0 Å². The Morgan fingerprint density at radius 1 is 1.06 bits per heavy atom. The van der Waals surface area contributed by atoms with E-state index in [0.29, 0.717) is 22.3 Å². The molecule has 0 bridgehead atoms. The first-order chi connectivity index (χ1) is 15.9. The lowest BCUT2D eigenvalue weighted by molar-refractivity contribution is 0.444. The Labute approximate surface area is 199 Å². The molecule has 5 rings (SSSR count). The third kappa shape index (κ3) is 3.98. The van der Waals surface area contributed by atoms with Gasteiger partial charge in [0, 0.05) is 41.3 Å². The Kier molecular flexibility index (Phi) is 5.59. The zero-order valence-electron chi connectivity index (χ0n) is 18.4. The molecule has 0 spiro atoms. The number of fused-ring (bicyclic) bond motifs is 1. The van der Waals surface area contributed by atoms with Gasteiger partial charge in [-0.1, -0.05) is 25.6 Å². The number of thiazole rings is 1. The van der Waals surface area contributed by atoms with Gasteiger partial charge in [-0.3, -0.25) is 4.57 Å². The number of phenolic OH excluding ortho intramolecular Hbond substituents is 2. The van der Waals surface area contributed by atoms with Gasteiger partial charge in [0.25, 0.3) is 0 Å². The summed E-state index contributed by atoms with van der Waals surface area (Å²) < 4.78 is 4.03. The summed E-state index contributed by atoms with van der Waals surface area (Å²) in [6, 6.07) is 11.4. The van der Waals surface area contributed by atoms with E-state index in [-0.39, 0.29) is 17.4 Å². The molecule has 0 atom stereocenters. The van der Waals surface area contributed by atoms with Crippen molar-refractivity contribution >= 4 is 34.0 Å². The zero-order chi connectivity index (χ0) is 23.1. The van der Waals surface area contributed by atoms with Crippen molar-refractivity contribution in [2.75, 3.05) is 0 Å². The van der Waals surface area contributed by atoms with Gasteiger partial charge < -0.3 is 14.8 Å². The third-order valence-corrected chi connectivity index (χ3v) is 7.20. The summed E-state index contributed by atoms with van der Waals surface area (Å²) in [4.78, 5) is 4.37. The van der Waals surface area contributed by atoms with E-state index in [0.717, 1.165) is 27.8 Å². The van der Waals surface area contributed by atoms with E-state index in [1.54, 1.807) is 29.2 Å². The highest BCUT2D eigenvalue weighted by atomic mass is 32.2. The Hall–Kier alpha value is -3.30. The number of aromatic hydroxyl groups is 2. The molecular formula is C24H23N5O2S2. The van der Waals surface area contributed by atoms with Gasteiger partial charge in [-0.2, -0.15) is 0 Å². The van der Waals surface area contributed by atoms with E-state index in [1.807, 2.05) is 48.6 Å². The number of benzene rings is 2. The molecule has 0 fully saturated rings. The SMILES string of the molecule is CC(C)c1cc(-c2nnc(SCc3cscn3)n2-c2ccc3c(ccn3C)c2)c(O)cc1O. The Bertz CT molecular complexity index is 1440. The highest BCUT2D eigenvalue weighted by Crippen LogP contribution is 2.39. The maximum atomic E-state index is 10.7. The monoisotopic (exact) mass is 477 g/mol. The Morgan fingerprint density at radius 3 is 2.67 bits per heavy atom. The van der Waals surface area contributed by atoms with Crippen molar-refractivity contribution in [2.45, 2.75) is 30.7 Å². The van der Waals surface area contributed by atoms with Crippen LogP contribution in [0.5, 0.6) is 11.5 Å². The van der Waals surface area contributed by atoms with Crippen LogP contribution in [-0.2, 0) is 12.8 Å². The fourth-order valence-electron chi connectivity index (χ4n) is 3.86. The number of hydrogen-bond donors (Lipinski definition) is 2. The van der Waals surface area contributed by atoms with Gasteiger partial charge in [-0.05, 0) is 41.8 Å². The zero-order valence-corrected chi connectivity index (χ0v) is 20.1. The second kappa shape index (κ2) is 8.57. The fourth-order valence-corrected chi connectivity index (χ4v) is 5.38. The predicted molar refractivity (Wildman–Crippen MR) is 132 cm³/mol. The number of phenols is 2. The fraction of sp³-hybridized carbons (Fsp3) is 0.208. The second-order valence-electron chi connectivity index (χ2n) is 8.16. The molecule has 0 radical (unpaired) electrons. The number of thioether (sulfide) groups is 1. The van der Waals surface area contributed by atoms with Gasteiger partial charge in [0.15, 0.2) is 11.0 Å². The highest BCUT2D eigenvalue weighted by molar-refractivity contribution is 7.98. The Morgan fingerprint density at radius 2 is 1.91 bits per heavy atom. The van der Waals surface area contributed by atoms with Gasteiger partial charge in [0.1, 0.15) is 11.5 Å². The summed E-state index contributed by atoms with van der Waals surface area (Å²) in [5.41, 5.74) is 6.09. The molecule has 7 nitrogen and oxygen atoms in total. The first kappa shape index (κ1) is 21.5. The second-order valence-corrected chi connectivity index (χ2v) is 9.82. The summed E-state index contributed by atoms with van der Waals surface area (Å²) >= 11 is 3.10. The van der Waals surface area contributed by atoms with E-state index >= 15 is 0 Å². The molecule has 2 aromatic carbocycles. The van der Waals surface area contributed by atoms with Crippen molar-refractivity contribution in [3.63, 3.8) is 0 Å². The predicted octanol–water partition coefficient (Wildman–Crippen LogP) is 5.71. The minimum absolute atomic E-state index is 0.0395. The molecule has 0 aliphatic carbocycles. The number of nitrogens with zero attached hydrogens (tertiary/aromatic N) is 5.